The van der Waals surface area contributed by atoms with Crippen LogP contribution in [0.15, 0.2) is 12.1 Å². The maximum Gasteiger partial charge on any atom is 0.121 e. The van der Waals surface area contributed by atoms with E-state index in [0.717, 1.165) is 75.8 Å². The summed E-state index contributed by atoms with van der Waals surface area (Å²) in [4.78, 5) is 13.1. The molecule has 2 fully saturated rings. The molecule has 2 N–H and O–H groups in total. The van der Waals surface area contributed by atoms with Crippen molar-refractivity contribution >= 4 is 11.0 Å². The van der Waals surface area contributed by atoms with Gasteiger partial charge in [0, 0.05) is 38.1 Å². The molecule has 28 heavy (non-hydrogen) atoms. The zero-order valence-electron chi connectivity index (χ0n) is 17.7. The van der Waals surface area contributed by atoms with Crippen LogP contribution in [0.25, 0.3) is 11.0 Å². The van der Waals surface area contributed by atoms with Crippen LogP contribution in [0.5, 0.6) is 0 Å². The maximum atomic E-state index is 11.5. The molecule has 3 heterocycles. The molecule has 0 saturated carbocycles. The van der Waals surface area contributed by atoms with Crippen LogP contribution in [-0.4, -0.2) is 76.4 Å². The monoisotopic (exact) mass is 386 g/mol. The minimum atomic E-state index is -0.664. The van der Waals surface area contributed by atoms with Gasteiger partial charge >= 0.3 is 0 Å². The SMILES string of the molecule is Cc1ccc2[nH]c(CN3CC[C@](O)(CN4CCOCC4)C(C)(C)C3)nc2c1C. The summed E-state index contributed by atoms with van der Waals surface area (Å²) in [6.07, 6.45) is 0.787. The van der Waals surface area contributed by atoms with Crippen LogP contribution in [0.2, 0.25) is 0 Å². The minimum Gasteiger partial charge on any atom is -0.388 e. The topological polar surface area (TPSA) is 64.6 Å². The lowest BCUT2D eigenvalue weighted by Crippen LogP contribution is -2.62. The number of β-amino-alcohol motifs (C(OH)–C–C–N with tert-alkyl or cyclic N) is 1. The van der Waals surface area contributed by atoms with Crippen LogP contribution >= 0.6 is 0 Å². The van der Waals surface area contributed by atoms with Crippen molar-refractivity contribution in [2.45, 2.75) is 46.3 Å². The molecule has 0 aliphatic carbocycles. The van der Waals surface area contributed by atoms with Crippen LogP contribution < -0.4 is 0 Å². The van der Waals surface area contributed by atoms with Crippen molar-refractivity contribution in [3.63, 3.8) is 0 Å². The molecular weight excluding hydrogens is 352 g/mol. The number of aryl methyl sites for hydroxylation is 2. The molecule has 2 saturated heterocycles. The second kappa shape index (κ2) is 7.41. The molecule has 1 aromatic heterocycles. The summed E-state index contributed by atoms with van der Waals surface area (Å²) in [6.45, 7) is 15.3. The number of likely N-dealkylation sites (tertiary alicyclic amines) is 1. The number of nitrogens with zero attached hydrogens (tertiary/aromatic N) is 3. The molecule has 1 atom stereocenters. The molecule has 2 aliphatic heterocycles. The number of aromatic nitrogens is 2. The van der Waals surface area contributed by atoms with Crippen molar-refractivity contribution in [2.24, 2.45) is 5.41 Å². The van der Waals surface area contributed by atoms with Gasteiger partial charge < -0.3 is 14.8 Å². The van der Waals surface area contributed by atoms with E-state index >= 15 is 0 Å². The summed E-state index contributed by atoms with van der Waals surface area (Å²) in [5.41, 5.74) is 3.87. The number of rotatable bonds is 4. The van der Waals surface area contributed by atoms with E-state index in [-0.39, 0.29) is 5.41 Å². The van der Waals surface area contributed by atoms with E-state index in [1.54, 1.807) is 0 Å². The maximum absolute atomic E-state index is 11.5. The van der Waals surface area contributed by atoms with E-state index in [0.29, 0.717) is 0 Å². The Kier molecular flexibility index (Phi) is 5.25. The summed E-state index contributed by atoms with van der Waals surface area (Å²) in [6, 6.07) is 4.27. The van der Waals surface area contributed by atoms with Crippen molar-refractivity contribution in [1.29, 1.82) is 0 Å². The largest absolute Gasteiger partial charge is 0.388 e. The predicted molar refractivity (Wildman–Crippen MR) is 111 cm³/mol. The average molecular weight is 387 g/mol. The lowest BCUT2D eigenvalue weighted by molar-refractivity contribution is -0.141. The number of ether oxygens (including phenoxy) is 1. The van der Waals surface area contributed by atoms with Gasteiger partial charge in [-0.3, -0.25) is 9.80 Å². The number of nitrogens with one attached hydrogen (secondary N) is 1. The van der Waals surface area contributed by atoms with E-state index in [1.165, 1.54) is 11.1 Å². The number of H-pyrrole nitrogens is 1. The second-order valence-electron chi connectivity index (χ2n) is 9.35. The molecule has 6 heteroatoms. The van der Waals surface area contributed by atoms with Crippen LogP contribution in [0, 0.1) is 19.3 Å². The van der Waals surface area contributed by atoms with Gasteiger partial charge in [-0.05, 0) is 37.5 Å². The molecule has 154 valence electrons. The Bertz CT molecular complexity index is 840. The highest BCUT2D eigenvalue weighted by atomic mass is 16.5. The van der Waals surface area contributed by atoms with E-state index in [1.807, 2.05) is 0 Å². The first kappa shape index (κ1) is 19.8. The number of hydrogen-bond donors (Lipinski definition) is 2. The highest BCUT2D eigenvalue weighted by Crippen LogP contribution is 2.39. The standard InChI is InChI=1S/C22H34N4O2/c1-16-5-6-18-20(17(16)2)24-19(23-18)13-26-8-7-22(27,21(3,4)14-26)15-25-9-11-28-12-10-25/h5-6,27H,7-15H2,1-4H3,(H,23,24)/t22-/m0/s1. The summed E-state index contributed by atoms with van der Waals surface area (Å²) >= 11 is 0. The Morgan fingerprint density at radius 2 is 1.89 bits per heavy atom. The Morgan fingerprint density at radius 3 is 2.61 bits per heavy atom. The normalized spacial score (nSPS) is 26.8. The number of benzene rings is 1. The fraction of sp³-hybridized carbons (Fsp3) is 0.682. The molecule has 0 amide bonds. The van der Waals surface area contributed by atoms with E-state index in [4.69, 9.17) is 9.72 Å². The number of imidazole rings is 1. The van der Waals surface area contributed by atoms with E-state index in [9.17, 15) is 5.11 Å². The predicted octanol–water partition coefficient (Wildman–Crippen LogP) is 2.47. The van der Waals surface area contributed by atoms with Gasteiger partial charge in [0.15, 0.2) is 0 Å². The first-order valence-electron chi connectivity index (χ1n) is 10.5. The van der Waals surface area contributed by atoms with Gasteiger partial charge in [0.25, 0.3) is 0 Å². The molecule has 2 aromatic rings. The minimum absolute atomic E-state index is 0.178. The van der Waals surface area contributed by atoms with E-state index < -0.39 is 5.60 Å². The third-order valence-corrected chi connectivity index (χ3v) is 6.91. The number of piperidine rings is 1. The van der Waals surface area contributed by atoms with Crippen molar-refractivity contribution in [3.05, 3.63) is 29.1 Å². The van der Waals surface area contributed by atoms with Gasteiger partial charge in [-0.2, -0.15) is 0 Å². The summed E-state index contributed by atoms with van der Waals surface area (Å²) in [7, 11) is 0. The third kappa shape index (κ3) is 3.71. The molecule has 0 bridgehead atoms. The highest BCUT2D eigenvalue weighted by Gasteiger charge is 2.48. The van der Waals surface area contributed by atoms with Gasteiger partial charge in [-0.15, -0.1) is 0 Å². The van der Waals surface area contributed by atoms with Crippen LogP contribution in [0.3, 0.4) is 0 Å². The van der Waals surface area contributed by atoms with Gasteiger partial charge in [0.1, 0.15) is 5.82 Å². The Balaban J connectivity index is 1.45. The Labute approximate surface area is 167 Å². The fourth-order valence-electron chi connectivity index (χ4n) is 4.67. The summed E-state index contributed by atoms with van der Waals surface area (Å²) in [5.74, 6) is 1.01. The Hall–Kier alpha value is -1.47. The molecule has 1 aromatic carbocycles. The molecule has 4 rings (SSSR count). The van der Waals surface area contributed by atoms with Crippen molar-refractivity contribution in [3.8, 4) is 0 Å². The van der Waals surface area contributed by atoms with Gasteiger partial charge in [-0.1, -0.05) is 19.9 Å². The van der Waals surface area contributed by atoms with Gasteiger partial charge in [0.05, 0.1) is 36.4 Å². The number of fused-ring (bicyclic) bond motifs is 1. The first-order valence-corrected chi connectivity index (χ1v) is 10.5. The number of aromatic amines is 1. The molecule has 6 nitrogen and oxygen atoms in total. The molecule has 0 unspecified atom stereocenters. The molecule has 0 spiro atoms. The number of aliphatic hydroxyl groups is 1. The number of hydrogen-bond acceptors (Lipinski definition) is 5. The highest BCUT2D eigenvalue weighted by molar-refractivity contribution is 5.79. The fourth-order valence-corrected chi connectivity index (χ4v) is 4.67. The smallest absolute Gasteiger partial charge is 0.121 e. The van der Waals surface area contributed by atoms with Gasteiger partial charge in [0.2, 0.25) is 0 Å². The lowest BCUT2D eigenvalue weighted by Gasteiger charge is -2.52. The summed E-state index contributed by atoms with van der Waals surface area (Å²) < 4.78 is 5.46. The first-order chi connectivity index (χ1) is 13.3. The van der Waals surface area contributed by atoms with Crippen LogP contribution in [0.1, 0.15) is 37.2 Å². The van der Waals surface area contributed by atoms with Crippen LogP contribution in [0.4, 0.5) is 0 Å². The van der Waals surface area contributed by atoms with Crippen molar-refractivity contribution < 1.29 is 9.84 Å². The molecule has 0 radical (unpaired) electrons. The third-order valence-electron chi connectivity index (χ3n) is 6.91. The molecule has 2 aliphatic rings. The summed E-state index contributed by atoms with van der Waals surface area (Å²) in [5, 5.41) is 11.5. The van der Waals surface area contributed by atoms with Crippen molar-refractivity contribution in [2.75, 3.05) is 45.9 Å². The quantitative estimate of drug-likeness (QED) is 0.845. The van der Waals surface area contributed by atoms with Crippen molar-refractivity contribution in [1.82, 2.24) is 19.8 Å². The zero-order valence-corrected chi connectivity index (χ0v) is 17.7. The zero-order chi connectivity index (χ0) is 19.9. The average Bonchev–Trinajstić information content (AvgIpc) is 3.06. The lowest BCUT2D eigenvalue weighted by atomic mass is 9.69. The number of morpholine rings is 1. The van der Waals surface area contributed by atoms with Gasteiger partial charge in [-0.25, -0.2) is 4.98 Å². The molecular formula is C22H34N4O2. The van der Waals surface area contributed by atoms with Crippen LogP contribution in [-0.2, 0) is 11.3 Å². The second-order valence-corrected chi connectivity index (χ2v) is 9.35. The van der Waals surface area contributed by atoms with E-state index in [2.05, 4.69) is 54.6 Å². The Morgan fingerprint density at radius 1 is 1.14 bits per heavy atom.